The standard InChI is InChI=1S/C32H29F8N3O3/c33-24-6-3-7-25(34)27(24)30(46)43-16-18(31(35,36)37)14-22(29(45)42-21-12-13-26(44)23(15-21)32(38,39)40)28(43)17-8-10-20(11-9-17)41-19-4-1-2-5-19/h3,6-13,15,18-19,22,28,41,44H,1-2,4-5,14,16H2,(H,42,45)/t18-,22+,28+/m1/s1. The molecule has 0 radical (unpaired) electrons. The number of nitrogens with zero attached hydrogens (tertiary/aromatic N) is 1. The number of aromatic hydroxyl groups is 1. The van der Waals surface area contributed by atoms with Crippen molar-refractivity contribution < 1.29 is 49.8 Å². The van der Waals surface area contributed by atoms with Crippen LogP contribution < -0.4 is 10.6 Å². The van der Waals surface area contributed by atoms with E-state index >= 15 is 0 Å². The summed E-state index contributed by atoms with van der Waals surface area (Å²) >= 11 is 0. The van der Waals surface area contributed by atoms with E-state index in [-0.39, 0.29) is 11.6 Å². The van der Waals surface area contributed by atoms with Crippen LogP contribution in [0.25, 0.3) is 0 Å². The Balaban J connectivity index is 1.57. The lowest BCUT2D eigenvalue weighted by Gasteiger charge is -2.44. The van der Waals surface area contributed by atoms with Gasteiger partial charge in [0.1, 0.15) is 22.9 Å². The number of anilines is 2. The van der Waals surface area contributed by atoms with E-state index < -0.39 is 89.2 Å². The van der Waals surface area contributed by atoms with Crippen molar-refractivity contribution >= 4 is 23.2 Å². The molecule has 1 saturated carbocycles. The molecular formula is C32H29F8N3O3. The Hall–Kier alpha value is -4.36. The zero-order chi connectivity index (χ0) is 33.4. The third kappa shape index (κ3) is 7.05. The number of carbonyl (C=O) groups excluding carboxylic acids is 2. The normalized spacial score (nSPS) is 20.9. The largest absolute Gasteiger partial charge is 0.507 e. The molecular weight excluding hydrogens is 626 g/mol. The van der Waals surface area contributed by atoms with Gasteiger partial charge in [0.05, 0.1) is 23.4 Å². The topological polar surface area (TPSA) is 81.7 Å². The Morgan fingerprint density at radius 3 is 2.04 bits per heavy atom. The monoisotopic (exact) mass is 655 g/mol. The van der Waals surface area contributed by atoms with Crippen LogP contribution in [0.3, 0.4) is 0 Å². The number of benzene rings is 3. The number of hydrogen-bond donors (Lipinski definition) is 3. The first kappa shape index (κ1) is 33.0. The number of carbonyl (C=O) groups is 2. The van der Waals surface area contributed by atoms with Crippen molar-refractivity contribution in [2.75, 3.05) is 17.2 Å². The van der Waals surface area contributed by atoms with Gasteiger partial charge in [0.2, 0.25) is 5.91 Å². The van der Waals surface area contributed by atoms with Crippen molar-refractivity contribution in [3.63, 3.8) is 0 Å². The number of piperidine rings is 1. The Kier molecular flexibility index (Phi) is 9.19. The first-order chi connectivity index (χ1) is 21.6. The number of nitrogens with one attached hydrogen (secondary N) is 2. The molecule has 2 aliphatic rings. The summed E-state index contributed by atoms with van der Waals surface area (Å²) in [4.78, 5) is 28.0. The summed E-state index contributed by atoms with van der Waals surface area (Å²) in [6, 6.07) is 9.45. The molecule has 0 bridgehead atoms. The van der Waals surface area contributed by atoms with Gasteiger partial charge in [-0.15, -0.1) is 0 Å². The molecule has 2 amide bonds. The minimum atomic E-state index is -5.01. The third-order valence-corrected chi connectivity index (χ3v) is 8.46. The van der Waals surface area contributed by atoms with E-state index in [2.05, 4.69) is 10.6 Å². The van der Waals surface area contributed by atoms with E-state index in [9.17, 15) is 49.8 Å². The van der Waals surface area contributed by atoms with Gasteiger partial charge >= 0.3 is 12.4 Å². The maximum absolute atomic E-state index is 14.8. The lowest BCUT2D eigenvalue weighted by Crippen LogP contribution is -2.52. The van der Waals surface area contributed by atoms with Gasteiger partial charge in [-0.2, -0.15) is 26.3 Å². The molecule has 3 aromatic rings. The molecule has 3 aromatic carbocycles. The summed E-state index contributed by atoms with van der Waals surface area (Å²) in [5, 5.41) is 15.2. The number of alkyl halides is 6. The highest BCUT2D eigenvalue weighted by molar-refractivity contribution is 5.97. The van der Waals surface area contributed by atoms with Crippen molar-refractivity contribution in [3.8, 4) is 5.75 Å². The number of hydrogen-bond acceptors (Lipinski definition) is 4. The van der Waals surface area contributed by atoms with Crippen LogP contribution in [0.15, 0.2) is 60.7 Å². The number of halogens is 8. The number of amides is 2. The van der Waals surface area contributed by atoms with E-state index in [1.54, 1.807) is 12.1 Å². The number of phenolic OH excluding ortho intramolecular Hbond substituents is 1. The van der Waals surface area contributed by atoms with E-state index in [0.29, 0.717) is 22.7 Å². The lowest BCUT2D eigenvalue weighted by molar-refractivity contribution is -0.193. The molecule has 0 aromatic heterocycles. The molecule has 3 atom stereocenters. The molecule has 1 heterocycles. The summed E-state index contributed by atoms with van der Waals surface area (Å²) in [5.41, 5.74) is -2.23. The van der Waals surface area contributed by atoms with E-state index in [0.717, 1.165) is 49.9 Å². The number of phenols is 1. The molecule has 3 N–H and O–H groups in total. The summed E-state index contributed by atoms with van der Waals surface area (Å²) in [5.74, 6) is -10.4. The molecule has 1 aliphatic carbocycles. The fourth-order valence-electron chi connectivity index (χ4n) is 6.19. The molecule has 0 unspecified atom stereocenters. The van der Waals surface area contributed by atoms with Crippen LogP contribution in [0.1, 0.15) is 59.6 Å². The van der Waals surface area contributed by atoms with Gasteiger partial charge in [-0.3, -0.25) is 9.59 Å². The average molecular weight is 656 g/mol. The highest BCUT2D eigenvalue weighted by Crippen LogP contribution is 2.46. The minimum Gasteiger partial charge on any atom is -0.507 e. The molecule has 246 valence electrons. The highest BCUT2D eigenvalue weighted by Gasteiger charge is 2.52. The first-order valence-corrected chi connectivity index (χ1v) is 14.5. The van der Waals surface area contributed by atoms with Gasteiger partial charge in [-0.1, -0.05) is 31.0 Å². The van der Waals surface area contributed by atoms with Crippen LogP contribution in [0.5, 0.6) is 5.75 Å². The van der Waals surface area contributed by atoms with Crippen LogP contribution >= 0.6 is 0 Å². The summed E-state index contributed by atoms with van der Waals surface area (Å²) < 4.78 is 112. The van der Waals surface area contributed by atoms with Crippen molar-refractivity contribution in [2.45, 2.75) is 56.5 Å². The van der Waals surface area contributed by atoms with E-state index in [4.69, 9.17) is 0 Å². The van der Waals surface area contributed by atoms with Gasteiger partial charge in [-0.25, -0.2) is 8.78 Å². The van der Waals surface area contributed by atoms with Gasteiger partial charge in [0.15, 0.2) is 0 Å². The second-order valence-electron chi connectivity index (χ2n) is 11.5. The van der Waals surface area contributed by atoms with Crippen LogP contribution in [-0.4, -0.2) is 40.6 Å². The second kappa shape index (κ2) is 12.8. The number of likely N-dealkylation sites (tertiary alicyclic amines) is 1. The maximum atomic E-state index is 14.8. The molecule has 6 nitrogen and oxygen atoms in total. The fourth-order valence-corrected chi connectivity index (χ4v) is 6.19. The highest BCUT2D eigenvalue weighted by atomic mass is 19.4. The molecule has 1 saturated heterocycles. The average Bonchev–Trinajstić information content (AvgIpc) is 3.50. The minimum absolute atomic E-state index is 0.171. The van der Waals surface area contributed by atoms with Crippen LogP contribution in [0.2, 0.25) is 0 Å². The molecule has 14 heteroatoms. The summed E-state index contributed by atoms with van der Waals surface area (Å²) in [7, 11) is 0. The van der Waals surface area contributed by atoms with Crippen LogP contribution in [0, 0.1) is 23.5 Å². The predicted molar refractivity (Wildman–Crippen MR) is 152 cm³/mol. The van der Waals surface area contributed by atoms with Gasteiger partial charge < -0.3 is 20.6 Å². The first-order valence-electron chi connectivity index (χ1n) is 14.5. The van der Waals surface area contributed by atoms with Gasteiger partial charge in [0.25, 0.3) is 5.91 Å². The molecule has 2 fully saturated rings. The van der Waals surface area contributed by atoms with Crippen molar-refractivity contribution in [1.29, 1.82) is 0 Å². The predicted octanol–water partition coefficient (Wildman–Crippen LogP) is 8.06. The molecule has 0 spiro atoms. The lowest BCUT2D eigenvalue weighted by atomic mass is 9.78. The Bertz CT molecular complexity index is 1570. The van der Waals surface area contributed by atoms with E-state index in [1.807, 2.05) is 0 Å². The Morgan fingerprint density at radius 2 is 1.46 bits per heavy atom. The number of rotatable bonds is 6. The fraction of sp³-hybridized carbons (Fsp3) is 0.375. The van der Waals surface area contributed by atoms with Gasteiger partial charge in [-0.05, 0) is 67.3 Å². The SMILES string of the molecule is O=C(Nc1ccc(O)c(C(F)(F)F)c1)[C@H]1C[C@@H](C(F)(F)F)CN(C(=O)c2c(F)cccc2F)[C@H]1c1ccc(NC2CCCC2)cc1. The second-order valence-corrected chi connectivity index (χ2v) is 11.5. The zero-order valence-corrected chi connectivity index (χ0v) is 24.1. The Morgan fingerprint density at radius 1 is 0.848 bits per heavy atom. The van der Waals surface area contributed by atoms with Crippen LogP contribution in [0.4, 0.5) is 46.5 Å². The smallest absolute Gasteiger partial charge is 0.420 e. The van der Waals surface area contributed by atoms with Crippen molar-refractivity contribution in [3.05, 3.63) is 89.0 Å². The van der Waals surface area contributed by atoms with Crippen molar-refractivity contribution in [2.24, 2.45) is 11.8 Å². The quantitative estimate of drug-likeness (QED) is 0.185. The third-order valence-electron chi connectivity index (χ3n) is 8.46. The Labute approximate surface area is 258 Å². The zero-order valence-electron chi connectivity index (χ0n) is 24.1. The van der Waals surface area contributed by atoms with Crippen molar-refractivity contribution in [1.82, 2.24) is 4.90 Å². The van der Waals surface area contributed by atoms with E-state index in [1.165, 1.54) is 12.1 Å². The van der Waals surface area contributed by atoms with Gasteiger partial charge in [0, 0.05) is 24.0 Å². The molecule has 1 aliphatic heterocycles. The van der Waals surface area contributed by atoms with Crippen LogP contribution in [-0.2, 0) is 11.0 Å². The molecule has 46 heavy (non-hydrogen) atoms. The summed E-state index contributed by atoms with van der Waals surface area (Å²) in [6.45, 7) is -1.04. The molecule has 5 rings (SSSR count). The maximum Gasteiger partial charge on any atom is 0.420 e. The summed E-state index contributed by atoms with van der Waals surface area (Å²) in [6.07, 6.45) is -6.87.